The van der Waals surface area contributed by atoms with Crippen molar-refractivity contribution in [2.24, 2.45) is 20.8 Å². The minimum atomic E-state index is 0.121. The molecule has 101 heavy (non-hydrogen) atoms. The van der Waals surface area contributed by atoms with Crippen LogP contribution in [-0.4, -0.2) is 51.1 Å². The Morgan fingerprint density at radius 2 is 0.505 bits per heavy atom. The fourth-order valence-corrected chi connectivity index (χ4v) is 11.7. The Labute approximate surface area is 598 Å². The zero-order valence-corrected chi connectivity index (χ0v) is 61.3. The topological polar surface area (TPSA) is 125 Å². The third-order valence-corrected chi connectivity index (χ3v) is 17.8. The standard InChI is InChI=1S/2C24H23N3.C18H18N2O.2C12H15N/c1-24(2,3)20-16-14-19(15-17-20)23-26-25-22(18-10-6-4-7-11-18)27(23)21-12-8-5-9-13-21;1-24(2,3)20-14-16-21(17-15-20)27-22(18-10-6-4-7-11-18)25-26-23(27)19-12-8-5-9-13-19;1-18(2,3)15-11-9-14(10-12-15)17-20-19-16(21-17)13-7-5-4-6-8-13;2*1-12(2,3)11-8-9-6-4-5-7-10(9)13-11/h2*4-17H,1-3H3;4-12H,1-3H3;2*4-7H,8H2,1-3H3. The van der Waals surface area contributed by atoms with E-state index in [1.54, 1.807) is 0 Å². The van der Waals surface area contributed by atoms with Gasteiger partial charge < -0.3 is 4.42 Å². The number of para-hydroxylation sites is 3. The monoisotopic (exact) mass is 1330 g/mol. The van der Waals surface area contributed by atoms with Crippen molar-refractivity contribution in [2.75, 3.05) is 0 Å². The van der Waals surface area contributed by atoms with Crippen LogP contribution in [0.5, 0.6) is 0 Å². The predicted octanol–water partition coefficient (Wildman–Crippen LogP) is 23.2. The van der Waals surface area contributed by atoms with Gasteiger partial charge in [0.1, 0.15) is 0 Å². The third-order valence-electron chi connectivity index (χ3n) is 17.8. The quantitative estimate of drug-likeness (QED) is 0.148. The maximum Gasteiger partial charge on any atom is 0.248 e. The molecule has 2 aliphatic rings. The summed E-state index contributed by atoms with van der Waals surface area (Å²) in [6, 6.07) is 93.1. The van der Waals surface area contributed by atoms with Gasteiger partial charge in [0, 0.05) is 79.9 Å². The van der Waals surface area contributed by atoms with E-state index in [-0.39, 0.29) is 27.1 Å². The maximum absolute atomic E-state index is 5.76. The molecule has 0 saturated heterocycles. The van der Waals surface area contributed by atoms with Gasteiger partial charge in [0.15, 0.2) is 23.3 Å². The van der Waals surface area contributed by atoms with Crippen molar-refractivity contribution in [3.63, 3.8) is 0 Å². The lowest BCUT2D eigenvalue weighted by molar-refractivity contribution is 0.582. The minimum absolute atomic E-state index is 0.121. The van der Waals surface area contributed by atoms with Gasteiger partial charge in [-0.3, -0.25) is 19.1 Å². The molecular weight excluding hydrogens is 1240 g/mol. The van der Waals surface area contributed by atoms with Crippen molar-refractivity contribution in [3.05, 3.63) is 301 Å². The number of benzene rings is 10. The van der Waals surface area contributed by atoms with Crippen molar-refractivity contribution in [3.8, 4) is 79.8 Å². The molecule has 0 N–H and O–H groups in total. The normalized spacial score (nSPS) is 12.5. The number of hydrogen-bond donors (Lipinski definition) is 0. The van der Waals surface area contributed by atoms with E-state index in [4.69, 9.17) is 4.42 Å². The highest BCUT2D eigenvalue weighted by Crippen LogP contribution is 2.37. The summed E-state index contributed by atoms with van der Waals surface area (Å²) in [6.45, 7) is 33.3. The van der Waals surface area contributed by atoms with Crippen molar-refractivity contribution < 1.29 is 4.42 Å². The Hall–Kier alpha value is -11.0. The Morgan fingerprint density at radius 1 is 0.248 bits per heavy atom. The summed E-state index contributed by atoms with van der Waals surface area (Å²) >= 11 is 0. The highest BCUT2D eigenvalue weighted by molar-refractivity contribution is 5.98. The molecule has 0 aliphatic carbocycles. The van der Waals surface area contributed by atoms with E-state index in [1.165, 1.54) is 39.2 Å². The van der Waals surface area contributed by atoms with Crippen LogP contribution < -0.4 is 0 Å². The van der Waals surface area contributed by atoms with E-state index < -0.39 is 0 Å². The molecule has 0 radical (unpaired) electrons. The van der Waals surface area contributed by atoms with Crippen LogP contribution >= 0.6 is 0 Å². The molecule has 0 atom stereocenters. The number of rotatable bonds is 8. The van der Waals surface area contributed by atoms with Crippen LogP contribution in [0.15, 0.2) is 287 Å². The second-order valence-corrected chi connectivity index (χ2v) is 30.8. The van der Waals surface area contributed by atoms with E-state index in [2.05, 4.69) is 299 Å². The molecular formula is C90H94N10O. The molecule has 3 aromatic heterocycles. The zero-order chi connectivity index (χ0) is 71.5. The molecule has 0 spiro atoms. The van der Waals surface area contributed by atoms with Gasteiger partial charge in [-0.1, -0.05) is 316 Å². The molecule has 0 amide bonds. The maximum atomic E-state index is 5.76. The Balaban J connectivity index is 0.000000131. The molecule has 5 heterocycles. The average Bonchev–Trinajstić information content (AvgIpc) is 1.67. The minimum Gasteiger partial charge on any atom is -0.416 e. The van der Waals surface area contributed by atoms with Gasteiger partial charge in [-0.2, -0.15) is 0 Å². The summed E-state index contributed by atoms with van der Waals surface area (Å²) in [6.07, 6.45) is 2.05. The summed E-state index contributed by atoms with van der Waals surface area (Å²) in [5, 5.41) is 26.4. The second kappa shape index (κ2) is 30.6. The summed E-state index contributed by atoms with van der Waals surface area (Å²) in [7, 11) is 0. The molecule has 0 unspecified atom stereocenters. The largest absolute Gasteiger partial charge is 0.416 e. The van der Waals surface area contributed by atoms with Crippen LogP contribution in [0.4, 0.5) is 11.4 Å². The smallest absolute Gasteiger partial charge is 0.248 e. The SMILES string of the molecule is CC(C)(C)C1=Nc2ccccc2C1.CC(C)(C)C1=Nc2ccccc2C1.CC(C)(C)c1ccc(-c2nnc(-c3ccccc3)n2-c2ccccc2)cc1.CC(C)(C)c1ccc(-c2nnc(-c3ccccc3)o2)cc1.CC(C)(C)c1ccc(-n2c(-c3ccccc3)nnc2-c2ccccc2)cc1. The first-order valence-corrected chi connectivity index (χ1v) is 34.9. The van der Waals surface area contributed by atoms with Crippen LogP contribution in [0.25, 0.3) is 79.8 Å². The van der Waals surface area contributed by atoms with E-state index in [9.17, 15) is 0 Å². The summed E-state index contributed by atoms with van der Waals surface area (Å²) in [5.41, 5.74) is 20.5. The van der Waals surface area contributed by atoms with Crippen molar-refractivity contribution in [1.29, 1.82) is 0 Å². The van der Waals surface area contributed by atoms with Crippen LogP contribution in [-0.2, 0) is 29.1 Å². The summed E-state index contributed by atoms with van der Waals surface area (Å²) < 4.78 is 10.0. The zero-order valence-electron chi connectivity index (χ0n) is 61.3. The van der Waals surface area contributed by atoms with Crippen LogP contribution in [0.1, 0.15) is 132 Å². The Morgan fingerprint density at radius 3 is 0.822 bits per heavy atom. The van der Waals surface area contributed by atoms with Crippen LogP contribution in [0.2, 0.25) is 0 Å². The molecule has 0 bridgehead atoms. The van der Waals surface area contributed by atoms with Crippen molar-refractivity contribution in [1.82, 2.24) is 39.7 Å². The summed E-state index contributed by atoms with van der Waals surface area (Å²) in [5.74, 6) is 4.48. The van der Waals surface area contributed by atoms with E-state index in [1.807, 2.05) is 127 Å². The van der Waals surface area contributed by atoms with Gasteiger partial charge in [-0.15, -0.1) is 30.6 Å². The Kier molecular flexibility index (Phi) is 21.6. The van der Waals surface area contributed by atoms with Gasteiger partial charge >= 0.3 is 0 Å². The number of aliphatic imine (C=N–C) groups is 2. The summed E-state index contributed by atoms with van der Waals surface area (Å²) in [4.78, 5) is 9.28. The number of fused-ring (bicyclic) bond motifs is 2. The first-order chi connectivity index (χ1) is 48.3. The molecule has 11 nitrogen and oxygen atoms in total. The lowest BCUT2D eigenvalue weighted by Crippen LogP contribution is -2.19. The first-order valence-electron chi connectivity index (χ1n) is 34.9. The van der Waals surface area contributed by atoms with Gasteiger partial charge in [-0.05, 0) is 105 Å². The number of aromatic nitrogens is 8. The number of hydrogen-bond acceptors (Lipinski definition) is 9. The van der Waals surface area contributed by atoms with Gasteiger partial charge in [-0.25, -0.2) is 0 Å². The predicted molar refractivity (Wildman–Crippen MR) is 419 cm³/mol. The highest BCUT2D eigenvalue weighted by atomic mass is 16.4. The van der Waals surface area contributed by atoms with Gasteiger partial charge in [0.05, 0.1) is 11.4 Å². The molecule has 2 aliphatic heterocycles. The lowest BCUT2D eigenvalue weighted by Gasteiger charge is -2.20. The van der Waals surface area contributed by atoms with Crippen molar-refractivity contribution in [2.45, 2.75) is 133 Å². The first kappa shape index (κ1) is 71.3. The van der Waals surface area contributed by atoms with Crippen molar-refractivity contribution >= 4 is 22.8 Å². The fourth-order valence-electron chi connectivity index (χ4n) is 11.7. The second-order valence-electron chi connectivity index (χ2n) is 30.8. The average molecular weight is 1330 g/mol. The molecule has 15 rings (SSSR count). The third kappa shape index (κ3) is 17.9. The van der Waals surface area contributed by atoms with Crippen LogP contribution in [0, 0.1) is 10.8 Å². The molecule has 0 fully saturated rings. The molecule has 11 heteroatoms. The highest BCUT2D eigenvalue weighted by Gasteiger charge is 2.27. The number of nitrogens with zero attached hydrogens (tertiary/aromatic N) is 10. The van der Waals surface area contributed by atoms with Gasteiger partial charge in [0.25, 0.3) is 0 Å². The van der Waals surface area contributed by atoms with E-state index in [0.29, 0.717) is 11.8 Å². The van der Waals surface area contributed by atoms with Crippen LogP contribution in [0.3, 0.4) is 0 Å². The molecule has 13 aromatic rings. The molecule has 510 valence electrons. The lowest BCUT2D eigenvalue weighted by atomic mass is 9.86. The molecule has 10 aromatic carbocycles. The fraction of sp³-hybridized carbons (Fsp3) is 0.244. The van der Waals surface area contributed by atoms with E-state index in [0.717, 1.165) is 92.3 Å². The molecule has 0 saturated carbocycles. The van der Waals surface area contributed by atoms with E-state index >= 15 is 0 Å². The Bertz CT molecular complexity index is 4750. The van der Waals surface area contributed by atoms with Gasteiger partial charge in [0.2, 0.25) is 11.8 Å².